The van der Waals surface area contributed by atoms with E-state index < -0.39 is 0 Å². The Morgan fingerprint density at radius 1 is 1.04 bits per heavy atom. The van der Waals surface area contributed by atoms with E-state index in [0.29, 0.717) is 11.5 Å². The number of amides is 1. The van der Waals surface area contributed by atoms with Crippen LogP contribution in [-0.4, -0.2) is 47.0 Å². The number of hydrogen-bond donors (Lipinski definition) is 1. The van der Waals surface area contributed by atoms with Crippen molar-refractivity contribution < 1.29 is 4.79 Å². The average Bonchev–Trinajstić information content (AvgIpc) is 2.99. The van der Waals surface area contributed by atoms with Crippen LogP contribution in [0.5, 0.6) is 0 Å². The van der Waals surface area contributed by atoms with Gasteiger partial charge in [-0.25, -0.2) is 9.97 Å². The van der Waals surface area contributed by atoms with Gasteiger partial charge in [-0.1, -0.05) is 12.8 Å². The Morgan fingerprint density at radius 3 is 2.33 bits per heavy atom. The van der Waals surface area contributed by atoms with Crippen LogP contribution in [0.3, 0.4) is 0 Å². The predicted molar refractivity (Wildman–Crippen MR) is 110 cm³/mol. The summed E-state index contributed by atoms with van der Waals surface area (Å²) >= 11 is 0. The lowest BCUT2D eigenvalue weighted by atomic mass is 10.2. The fourth-order valence-electron chi connectivity index (χ4n) is 3.47. The summed E-state index contributed by atoms with van der Waals surface area (Å²) in [6, 6.07) is 10.0. The summed E-state index contributed by atoms with van der Waals surface area (Å²) in [7, 11) is 0. The minimum absolute atomic E-state index is 0.000712. The van der Waals surface area contributed by atoms with Crippen LogP contribution in [-0.2, 0) is 0 Å². The highest BCUT2D eigenvalue weighted by Gasteiger charge is 2.19. The molecular weight excluding hydrogens is 338 g/mol. The van der Waals surface area contributed by atoms with Gasteiger partial charge in [-0.3, -0.25) is 4.79 Å². The predicted octanol–water partition coefficient (Wildman–Crippen LogP) is 4.08. The van der Waals surface area contributed by atoms with E-state index in [1.807, 2.05) is 17.0 Å². The van der Waals surface area contributed by atoms with Gasteiger partial charge in [-0.05, 0) is 51.0 Å². The number of anilines is 3. The first kappa shape index (κ1) is 19.1. The van der Waals surface area contributed by atoms with E-state index in [1.54, 1.807) is 6.07 Å². The summed E-state index contributed by atoms with van der Waals surface area (Å²) in [6.07, 6.45) is 5.99. The van der Waals surface area contributed by atoms with Gasteiger partial charge in [-0.15, -0.1) is 0 Å². The standard InChI is InChI=1S/C21H29N5O/c1-3-25(4-2)18-11-9-17(10-12-18)24-20-15-19(22-16-23-20)21(27)26-13-7-5-6-8-14-26/h9-12,15-16H,3-8,13-14H2,1-2H3,(H,22,23,24). The Morgan fingerprint density at radius 2 is 1.70 bits per heavy atom. The highest BCUT2D eigenvalue weighted by Crippen LogP contribution is 2.21. The van der Waals surface area contributed by atoms with E-state index >= 15 is 0 Å². The van der Waals surface area contributed by atoms with E-state index in [2.05, 4.69) is 46.2 Å². The van der Waals surface area contributed by atoms with Gasteiger partial charge in [0.25, 0.3) is 5.91 Å². The molecule has 1 aliphatic heterocycles. The molecule has 0 unspecified atom stereocenters. The molecule has 1 aromatic carbocycles. The molecule has 1 aliphatic rings. The summed E-state index contributed by atoms with van der Waals surface area (Å²) in [5, 5.41) is 3.28. The summed E-state index contributed by atoms with van der Waals surface area (Å²) in [5.74, 6) is 0.637. The van der Waals surface area contributed by atoms with Crippen molar-refractivity contribution in [3.05, 3.63) is 42.4 Å². The maximum atomic E-state index is 12.7. The van der Waals surface area contributed by atoms with Crippen molar-refractivity contribution in [3.63, 3.8) is 0 Å². The van der Waals surface area contributed by atoms with Crippen LogP contribution in [0.15, 0.2) is 36.7 Å². The molecule has 1 N–H and O–H groups in total. The van der Waals surface area contributed by atoms with Crippen LogP contribution >= 0.6 is 0 Å². The molecule has 0 aliphatic carbocycles. The van der Waals surface area contributed by atoms with Gasteiger partial charge in [0.1, 0.15) is 17.8 Å². The van der Waals surface area contributed by atoms with Crippen molar-refractivity contribution >= 4 is 23.1 Å². The molecule has 6 heteroatoms. The minimum atomic E-state index is -0.000712. The average molecular weight is 367 g/mol. The van der Waals surface area contributed by atoms with Crippen molar-refractivity contribution in [3.8, 4) is 0 Å². The number of rotatable bonds is 6. The molecule has 2 aromatic rings. The van der Waals surface area contributed by atoms with Gasteiger partial charge in [0, 0.05) is 43.6 Å². The zero-order chi connectivity index (χ0) is 19.1. The molecule has 144 valence electrons. The summed E-state index contributed by atoms with van der Waals surface area (Å²) in [6.45, 7) is 7.91. The second-order valence-corrected chi connectivity index (χ2v) is 6.84. The Kier molecular flexibility index (Phi) is 6.63. The largest absolute Gasteiger partial charge is 0.372 e. The van der Waals surface area contributed by atoms with Gasteiger partial charge < -0.3 is 15.1 Å². The van der Waals surface area contributed by atoms with Crippen molar-refractivity contribution in [2.45, 2.75) is 39.5 Å². The number of nitrogens with zero attached hydrogens (tertiary/aromatic N) is 4. The molecule has 27 heavy (non-hydrogen) atoms. The van der Waals surface area contributed by atoms with Crippen molar-refractivity contribution in [2.24, 2.45) is 0 Å². The molecule has 1 fully saturated rings. The maximum Gasteiger partial charge on any atom is 0.272 e. The van der Waals surface area contributed by atoms with Crippen LogP contribution in [0.1, 0.15) is 50.0 Å². The fourth-order valence-corrected chi connectivity index (χ4v) is 3.47. The van der Waals surface area contributed by atoms with E-state index in [4.69, 9.17) is 0 Å². The third kappa shape index (κ3) is 4.96. The second-order valence-electron chi connectivity index (χ2n) is 6.84. The fraction of sp³-hybridized carbons (Fsp3) is 0.476. The van der Waals surface area contributed by atoms with Gasteiger partial charge in [0.2, 0.25) is 0 Å². The Bertz CT molecular complexity index is 734. The smallest absolute Gasteiger partial charge is 0.272 e. The van der Waals surface area contributed by atoms with Crippen LogP contribution in [0, 0.1) is 0 Å². The van der Waals surface area contributed by atoms with Crippen molar-refractivity contribution in [1.82, 2.24) is 14.9 Å². The third-order valence-corrected chi connectivity index (χ3v) is 5.05. The number of carbonyl (C=O) groups excluding carboxylic acids is 1. The SMILES string of the molecule is CCN(CC)c1ccc(Nc2cc(C(=O)N3CCCCCC3)ncn2)cc1. The molecule has 0 atom stereocenters. The molecule has 0 radical (unpaired) electrons. The van der Waals surface area contributed by atoms with Crippen LogP contribution in [0.4, 0.5) is 17.2 Å². The van der Waals surface area contributed by atoms with Gasteiger partial charge >= 0.3 is 0 Å². The number of nitrogens with one attached hydrogen (secondary N) is 1. The summed E-state index contributed by atoms with van der Waals surface area (Å²) < 4.78 is 0. The Labute approximate surface area is 161 Å². The monoisotopic (exact) mass is 367 g/mol. The van der Waals surface area contributed by atoms with Crippen LogP contribution < -0.4 is 10.2 Å². The number of benzene rings is 1. The molecule has 1 saturated heterocycles. The van der Waals surface area contributed by atoms with Gasteiger partial charge in [0.05, 0.1) is 0 Å². The molecule has 0 spiro atoms. The zero-order valence-electron chi connectivity index (χ0n) is 16.3. The second kappa shape index (κ2) is 9.35. The lowest BCUT2D eigenvalue weighted by molar-refractivity contribution is 0.0755. The molecule has 1 aromatic heterocycles. The topological polar surface area (TPSA) is 61.4 Å². The number of carbonyl (C=O) groups is 1. The molecule has 2 heterocycles. The first-order valence-corrected chi connectivity index (χ1v) is 9.94. The lowest BCUT2D eigenvalue weighted by Crippen LogP contribution is -2.32. The number of hydrogen-bond acceptors (Lipinski definition) is 5. The summed E-state index contributed by atoms with van der Waals surface area (Å²) in [5.41, 5.74) is 2.59. The highest BCUT2D eigenvalue weighted by molar-refractivity contribution is 5.93. The zero-order valence-corrected chi connectivity index (χ0v) is 16.3. The Hall–Kier alpha value is -2.63. The van der Waals surface area contributed by atoms with E-state index in [0.717, 1.165) is 44.7 Å². The highest BCUT2D eigenvalue weighted by atomic mass is 16.2. The molecule has 0 bridgehead atoms. The number of likely N-dealkylation sites (tertiary alicyclic amines) is 1. The lowest BCUT2D eigenvalue weighted by Gasteiger charge is -2.21. The molecular formula is C21H29N5O. The van der Waals surface area contributed by atoms with E-state index in [9.17, 15) is 4.79 Å². The molecule has 3 rings (SSSR count). The third-order valence-electron chi connectivity index (χ3n) is 5.05. The molecule has 0 saturated carbocycles. The van der Waals surface area contributed by atoms with Crippen molar-refractivity contribution in [1.29, 1.82) is 0 Å². The normalized spacial score (nSPS) is 14.5. The molecule has 1 amide bonds. The van der Waals surface area contributed by atoms with Crippen molar-refractivity contribution in [2.75, 3.05) is 36.4 Å². The quantitative estimate of drug-likeness (QED) is 0.833. The van der Waals surface area contributed by atoms with Crippen LogP contribution in [0.25, 0.3) is 0 Å². The molecule has 6 nitrogen and oxygen atoms in total. The number of aromatic nitrogens is 2. The van der Waals surface area contributed by atoms with Gasteiger partial charge in [-0.2, -0.15) is 0 Å². The first-order chi connectivity index (χ1) is 13.2. The van der Waals surface area contributed by atoms with Gasteiger partial charge in [0.15, 0.2) is 0 Å². The van der Waals surface area contributed by atoms with Crippen LogP contribution in [0.2, 0.25) is 0 Å². The van der Waals surface area contributed by atoms with E-state index in [1.165, 1.54) is 24.9 Å². The van der Waals surface area contributed by atoms with E-state index in [-0.39, 0.29) is 5.91 Å². The minimum Gasteiger partial charge on any atom is -0.372 e. The Balaban J connectivity index is 1.69. The maximum absolute atomic E-state index is 12.7. The first-order valence-electron chi connectivity index (χ1n) is 9.94. The summed E-state index contributed by atoms with van der Waals surface area (Å²) in [4.78, 5) is 25.4.